The molecule has 2 rings (SSSR count). The number of carbonyl (C=O) groups excluding carboxylic acids is 3. The molecule has 0 spiro atoms. The van der Waals surface area contributed by atoms with E-state index in [0.717, 1.165) is 13.1 Å². The molecular formula is C19H27N3O5. The lowest BCUT2D eigenvalue weighted by Gasteiger charge is -2.33. The number of piperazine rings is 1. The molecule has 1 aliphatic rings. The van der Waals surface area contributed by atoms with Gasteiger partial charge < -0.3 is 19.7 Å². The lowest BCUT2D eigenvalue weighted by atomic mass is 10.2. The highest BCUT2D eigenvalue weighted by Gasteiger charge is 2.22. The minimum Gasteiger partial charge on any atom is -0.462 e. The van der Waals surface area contributed by atoms with Gasteiger partial charge in [-0.1, -0.05) is 0 Å². The van der Waals surface area contributed by atoms with Gasteiger partial charge in [0, 0.05) is 44.8 Å². The minimum atomic E-state index is -0.377. The van der Waals surface area contributed by atoms with Crippen LogP contribution in [-0.2, 0) is 14.3 Å². The van der Waals surface area contributed by atoms with E-state index in [0.29, 0.717) is 50.5 Å². The Morgan fingerprint density at radius 2 is 1.59 bits per heavy atom. The quantitative estimate of drug-likeness (QED) is 0.731. The molecule has 8 heteroatoms. The highest BCUT2D eigenvalue weighted by atomic mass is 16.6. The molecule has 27 heavy (non-hydrogen) atoms. The average molecular weight is 377 g/mol. The number of amides is 2. The Bertz CT molecular complexity index is 639. The maximum atomic E-state index is 12.1. The zero-order valence-corrected chi connectivity index (χ0v) is 15.9. The number of carbonyl (C=O) groups is 3. The second kappa shape index (κ2) is 10.5. The lowest BCUT2D eigenvalue weighted by Crippen LogP contribution is -2.49. The van der Waals surface area contributed by atoms with Crippen molar-refractivity contribution in [3.63, 3.8) is 0 Å². The predicted molar refractivity (Wildman–Crippen MR) is 101 cm³/mol. The van der Waals surface area contributed by atoms with Crippen LogP contribution in [-0.4, -0.2) is 73.7 Å². The highest BCUT2D eigenvalue weighted by molar-refractivity contribution is 5.93. The summed E-state index contributed by atoms with van der Waals surface area (Å²) in [6, 6.07) is 6.62. The van der Waals surface area contributed by atoms with Crippen LogP contribution in [0.5, 0.6) is 0 Å². The summed E-state index contributed by atoms with van der Waals surface area (Å²) in [6.45, 7) is 7.53. The van der Waals surface area contributed by atoms with Gasteiger partial charge in [0.2, 0.25) is 5.91 Å². The first-order valence-corrected chi connectivity index (χ1v) is 9.24. The molecule has 2 amide bonds. The second-order valence-electron chi connectivity index (χ2n) is 6.12. The van der Waals surface area contributed by atoms with Crippen molar-refractivity contribution in [1.29, 1.82) is 0 Å². The molecule has 8 nitrogen and oxygen atoms in total. The van der Waals surface area contributed by atoms with Crippen molar-refractivity contribution in [3.05, 3.63) is 29.8 Å². The maximum Gasteiger partial charge on any atom is 0.409 e. The number of anilines is 1. The first-order chi connectivity index (χ1) is 13.0. The number of hydrogen-bond acceptors (Lipinski definition) is 6. The van der Waals surface area contributed by atoms with Crippen molar-refractivity contribution in [1.82, 2.24) is 9.80 Å². The van der Waals surface area contributed by atoms with Gasteiger partial charge in [-0.2, -0.15) is 0 Å². The Labute approximate surface area is 159 Å². The average Bonchev–Trinajstić information content (AvgIpc) is 2.68. The van der Waals surface area contributed by atoms with E-state index in [-0.39, 0.29) is 18.0 Å². The Balaban J connectivity index is 1.71. The van der Waals surface area contributed by atoms with Crippen molar-refractivity contribution in [3.8, 4) is 0 Å². The summed E-state index contributed by atoms with van der Waals surface area (Å²) in [5, 5.41) is 2.82. The highest BCUT2D eigenvalue weighted by Crippen LogP contribution is 2.11. The fourth-order valence-electron chi connectivity index (χ4n) is 2.76. The molecule has 1 heterocycles. The number of benzene rings is 1. The molecular weight excluding hydrogens is 350 g/mol. The third kappa shape index (κ3) is 6.56. The van der Waals surface area contributed by atoms with Gasteiger partial charge in [0.05, 0.1) is 18.8 Å². The standard InChI is InChI=1S/C19H27N3O5/c1-3-26-18(24)15-5-7-16(8-6-15)20-17(23)9-10-21-11-13-22(14-12-21)19(25)27-4-2/h5-8H,3-4,9-14H2,1-2H3,(H,20,23). The van der Waals surface area contributed by atoms with Crippen LogP contribution in [0.2, 0.25) is 0 Å². The number of rotatable bonds is 7. The third-order valence-electron chi connectivity index (χ3n) is 4.23. The van der Waals surface area contributed by atoms with Gasteiger partial charge >= 0.3 is 12.1 Å². The molecule has 0 atom stereocenters. The van der Waals surface area contributed by atoms with E-state index in [1.807, 2.05) is 0 Å². The molecule has 0 aromatic heterocycles. The van der Waals surface area contributed by atoms with E-state index >= 15 is 0 Å². The predicted octanol–water partition coefficient (Wildman–Crippen LogP) is 1.97. The van der Waals surface area contributed by atoms with Crippen molar-refractivity contribution >= 4 is 23.7 Å². The molecule has 148 valence electrons. The molecule has 0 radical (unpaired) electrons. The summed E-state index contributed by atoms with van der Waals surface area (Å²) < 4.78 is 9.92. The van der Waals surface area contributed by atoms with Gasteiger partial charge in [0.1, 0.15) is 0 Å². The fourth-order valence-corrected chi connectivity index (χ4v) is 2.76. The van der Waals surface area contributed by atoms with Crippen LogP contribution >= 0.6 is 0 Å². The molecule has 0 aliphatic carbocycles. The number of ether oxygens (including phenoxy) is 2. The first-order valence-electron chi connectivity index (χ1n) is 9.24. The van der Waals surface area contributed by atoms with Gasteiger partial charge in [-0.3, -0.25) is 9.69 Å². The summed E-state index contributed by atoms with van der Waals surface area (Å²) >= 11 is 0. The van der Waals surface area contributed by atoms with Crippen LogP contribution in [0, 0.1) is 0 Å². The summed E-state index contributed by atoms with van der Waals surface area (Å²) in [5.41, 5.74) is 1.09. The van der Waals surface area contributed by atoms with Crippen molar-refractivity contribution in [2.75, 3.05) is 51.3 Å². The molecule has 0 saturated carbocycles. The van der Waals surface area contributed by atoms with E-state index in [9.17, 15) is 14.4 Å². The first kappa shape index (κ1) is 20.7. The van der Waals surface area contributed by atoms with E-state index < -0.39 is 0 Å². The van der Waals surface area contributed by atoms with Crippen LogP contribution in [0.25, 0.3) is 0 Å². The van der Waals surface area contributed by atoms with Gasteiger partial charge in [0.15, 0.2) is 0 Å². The van der Waals surface area contributed by atoms with Gasteiger partial charge in [0.25, 0.3) is 0 Å². The molecule has 1 aliphatic heterocycles. The van der Waals surface area contributed by atoms with Crippen LogP contribution < -0.4 is 5.32 Å². The minimum absolute atomic E-state index is 0.0910. The van der Waals surface area contributed by atoms with Crippen LogP contribution in [0.1, 0.15) is 30.6 Å². The largest absolute Gasteiger partial charge is 0.462 e. The molecule has 1 aromatic rings. The van der Waals surface area contributed by atoms with Gasteiger partial charge in [-0.05, 0) is 38.1 Å². The lowest BCUT2D eigenvalue weighted by molar-refractivity contribution is -0.116. The van der Waals surface area contributed by atoms with Crippen LogP contribution in [0.4, 0.5) is 10.5 Å². The molecule has 0 bridgehead atoms. The van der Waals surface area contributed by atoms with E-state index in [2.05, 4.69) is 10.2 Å². The van der Waals surface area contributed by atoms with Crippen molar-refractivity contribution < 1.29 is 23.9 Å². The van der Waals surface area contributed by atoms with Crippen LogP contribution in [0.15, 0.2) is 24.3 Å². The van der Waals surface area contributed by atoms with E-state index in [1.54, 1.807) is 43.0 Å². The Morgan fingerprint density at radius 1 is 0.963 bits per heavy atom. The van der Waals surface area contributed by atoms with Crippen LogP contribution in [0.3, 0.4) is 0 Å². The third-order valence-corrected chi connectivity index (χ3v) is 4.23. The zero-order chi connectivity index (χ0) is 19.6. The van der Waals surface area contributed by atoms with E-state index in [1.165, 1.54) is 0 Å². The number of esters is 1. The van der Waals surface area contributed by atoms with Crippen molar-refractivity contribution in [2.24, 2.45) is 0 Å². The molecule has 0 unspecified atom stereocenters. The number of nitrogens with zero attached hydrogens (tertiary/aromatic N) is 2. The van der Waals surface area contributed by atoms with Gasteiger partial charge in [-0.15, -0.1) is 0 Å². The molecule has 1 aromatic carbocycles. The van der Waals surface area contributed by atoms with E-state index in [4.69, 9.17) is 9.47 Å². The Hall–Kier alpha value is -2.61. The summed E-state index contributed by atoms with van der Waals surface area (Å²) in [5.74, 6) is -0.468. The Morgan fingerprint density at radius 3 is 2.19 bits per heavy atom. The summed E-state index contributed by atoms with van der Waals surface area (Å²) in [6.07, 6.45) is 0.0834. The van der Waals surface area contributed by atoms with Crippen molar-refractivity contribution in [2.45, 2.75) is 20.3 Å². The summed E-state index contributed by atoms with van der Waals surface area (Å²) in [4.78, 5) is 39.2. The second-order valence-corrected chi connectivity index (χ2v) is 6.12. The molecule has 1 fully saturated rings. The number of nitrogens with one attached hydrogen (secondary N) is 1. The van der Waals surface area contributed by atoms with Gasteiger partial charge in [-0.25, -0.2) is 9.59 Å². The smallest absolute Gasteiger partial charge is 0.409 e. The summed E-state index contributed by atoms with van der Waals surface area (Å²) in [7, 11) is 0. The maximum absolute atomic E-state index is 12.1. The topological polar surface area (TPSA) is 88.2 Å². The SMILES string of the molecule is CCOC(=O)c1ccc(NC(=O)CCN2CCN(C(=O)OCC)CC2)cc1. The fraction of sp³-hybridized carbons (Fsp3) is 0.526. The number of hydrogen-bond donors (Lipinski definition) is 1. The molecule has 1 saturated heterocycles. The normalized spacial score (nSPS) is 14.5. The molecule has 1 N–H and O–H groups in total. The monoisotopic (exact) mass is 377 g/mol. The Kier molecular flexibility index (Phi) is 8.06. The zero-order valence-electron chi connectivity index (χ0n) is 15.9.